The molecule has 2 heterocycles. The molecule has 8 nitrogen and oxygen atoms in total. The average molecular weight is 511 g/mol. The van der Waals surface area contributed by atoms with Gasteiger partial charge >= 0.3 is 5.97 Å². The van der Waals surface area contributed by atoms with Gasteiger partial charge in [0.1, 0.15) is 0 Å². The van der Waals surface area contributed by atoms with Crippen LogP contribution in [0.15, 0.2) is 53.6 Å². The van der Waals surface area contributed by atoms with E-state index in [1.807, 2.05) is 50.4 Å². The molecule has 0 spiro atoms. The highest BCUT2D eigenvalue weighted by molar-refractivity contribution is 7.89. The summed E-state index contributed by atoms with van der Waals surface area (Å²) >= 11 is 0. The van der Waals surface area contributed by atoms with Gasteiger partial charge in [-0.05, 0) is 73.3 Å². The molecule has 36 heavy (non-hydrogen) atoms. The molecule has 1 aliphatic rings. The van der Waals surface area contributed by atoms with E-state index < -0.39 is 16.0 Å². The molecule has 3 aromatic rings. The summed E-state index contributed by atoms with van der Waals surface area (Å²) in [5, 5.41) is 17.8. The van der Waals surface area contributed by atoms with Crippen LogP contribution in [0.2, 0.25) is 0 Å². The van der Waals surface area contributed by atoms with Gasteiger partial charge in [-0.2, -0.15) is 4.31 Å². The number of fused-ring (bicyclic) bond motifs is 1. The molecule has 1 aliphatic heterocycles. The number of nitrogens with zero attached hydrogens (tertiary/aromatic N) is 4. The molecule has 0 saturated carbocycles. The van der Waals surface area contributed by atoms with E-state index in [1.165, 1.54) is 0 Å². The lowest BCUT2D eigenvalue weighted by atomic mass is 9.88. The van der Waals surface area contributed by atoms with E-state index in [-0.39, 0.29) is 24.8 Å². The largest absolute Gasteiger partial charge is 0.481 e. The molecule has 1 aromatic heterocycles. The third-order valence-corrected chi connectivity index (χ3v) is 8.86. The smallest absolute Gasteiger partial charge is 0.303 e. The third-order valence-electron chi connectivity index (χ3n) is 6.95. The zero-order valence-electron chi connectivity index (χ0n) is 21.1. The van der Waals surface area contributed by atoms with Gasteiger partial charge in [0.05, 0.1) is 17.0 Å². The molecule has 0 saturated heterocycles. The fourth-order valence-corrected chi connectivity index (χ4v) is 6.70. The molecule has 1 N–H and O–H groups in total. The van der Waals surface area contributed by atoms with E-state index in [9.17, 15) is 18.3 Å². The average Bonchev–Trinajstić information content (AvgIpc) is 3.27. The standard InChI is InChI=1S/C27H34N4O4S/c1-4-30-18-25(28-29-30)12-11-22(15-27(32)33)21-10-9-20(3)24(14-21)17-31-16-19(2)13-23-7-5-6-8-26(23)36(31,34)35/h5-10,14,18-19,22H,4,11-13,15-17H2,1-3H3,(H,32,33)/t19-,22?/m1/s1. The van der Waals surface area contributed by atoms with Crippen molar-refractivity contribution in [3.8, 4) is 0 Å². The Hall–Kier alpha value is -3.04. The Labute approximate surface area is 213 Å². The van der Waals surface area contributed by atoms with Crippen molar-refractivity contribution in [1.29, 1.82) is 0 Å². The van der Waals surface area contributed by atoms with Crippen LogP contribution in [0.3, 0.4) is 0 Å². The SMILES string of the molecule is CCn1cc(CCC(CC(=O)O)c2ccc(C)c(CN3C[C@H](C)Cc4ccccc4S3(=O)=O)c2)nn1. The van der Waals surface area contributed by atoms with Gasteiger partial charge < -0.3 is 5.11 Å². The normalized spacial score (nSPS) is 18.4. The van der Waals surface area contributed by atoms with E-state index in [0.717, 1.165) is 34.5 Å². The maximum Gasteiger partial charge on any atom is 0.303 e. The number of aliphatic carboxylic acids is 1. The van der Waals surface area contributed by atoms with Crippen molar-refractivity contribution in [2.24, 2.45) is 5.92 Å². The first kappa shape index (κ1) is 26.0. The first-order chi connectivity index (χ1) is 17.2. The van der Waals surface area contributed by atoms with Gasteiger partial charge in [-0.3, -0.25) is 9.48 Å². The Kier molecular flexibility index (Phi) is 7.90. The van der Waals surface area contributed by atoms with Crippen molar-refractivity contribution in [2.45, 2.75) is 70.4 Å². The van der Waals surface area contributed by atoms with Crippen LogP contribution in [0.4, 0.5) is 0 Å². The molecule has 0 bridgehead atoms. The van der Waals surface area contributed by atoms with Crippen LogP contribution in [0, 0.1) is 12.8 Å². The highest BCUT2D eigenvalue weighted by Gasteiger charge is 2.32. The van der Waals surface area contributed by atoms with Crippen molar-refractivity contribution in [3.63, 3.8) is 0 Å². The lowest BCUT2D eigenvalue weighted by molar-refractivity contribution is -0.137. The van der Waals surface area contributed by atoms with Crippen LogP contribution >= 0.6 is 0 Å². The second-order valence-electron chi connectivity index (χ2n) is 9.80. The van der Waals surface area contributed by atoms with E-state index in [2.05, 4.69) is 17.2 Å². The van der Waals surface area contributed by atoms with Gasteiger partial charge in [0.2, 0.25) is 10.0 Å². The molecule has 4 rings (SSSR count). The summed E-state index contributed by atoms with van der Waals surface area (Å²) in [6.45, 7) is 7.46. The first-order valence-electron chi connectivity index (χ1n) is 12.5. The number of aryl methyl sites for hydroxylation is 3. The van der Waals surface area contributed by atoms with Crippen LogP contribution < -0.4 is 0 Å². The fourth-order valence-electron chi connectivity index (χ4n) is 4.93. The third kappa shape index (κ3) is 5.84. The number of benzene rings is 2. The minimum Gasteiger partial charge on any atom is -0.481 e. The van der Waals surface area contributed by atoms with Crippen LogP contribution in [0.25, 0.3) is 0 Å². The number of sulfonamides is 1. The Bertz CT molecular complexity index is 1340. The van der Waals surface area contributed by atoms with Gasteiger partial charge in [-0.15, -0.1) is 5.10 Å². The summed E-state index contributed by atoms with van der Waals surface area (Å²) in [4.78, 5) is 12.1. The Morgan fingerprint density at radius 3 is 2.72 bits per heavy atom. The fraction of sp³-hybridized carbons (Fsp3) is 0.444. The Balaban J connectivity index is 1.60. The molecular weight excluding hydrogens is 476 g/mol. The van der Waals surface area contributed by atoms with Crippen LogP contribution in [-0.2, 0) is 40.7 Å². The van der Waals surface area contributed by atoms with Crippen LogP contribution in [0.5, 0.6) is 0 Å². The zero-order valence-corrected chi connectivity index (χ0v) is 21.9. The number of hydrogen-bond donors (Lipinski definition) is 1. The van der Waals surface area contributed by atoms with Crippen molar-refractivity contribution < 1.29 is 18.3 Å². The Morgan fingerprint density at radius 1 is 1.22 bits per heavy atom. The maximum atomic E-state index is 13.6. The number of aromatic nitrogens is 3. The monoisotopic (exact) mass is 510 g/mol. The molecule has 1 unspecified atom stereocenters. The van der Waals surface area contributed by atoms with Crippen molar-refractivity contribution in [2.75, 3.05) is 6.54 Å². The molecule has 2 atom stereocenters. The minimum atomic E-state index is -3.64. The molecule has 2 aromatic carbocycles. The molecule has 0 amide bonds. The summed E-state index contributed by atoms with van der Waals surface area (Å²) in [7, 11) is -3.64. The quantitative estimate of drug-likeness (QED) is 0.463. The minimum absolute atomic E-state index is 0.00314. The summed E-state index contributed by atoms with van der Waals surface area (Å²) in [6, 6.07) is 13.2. The number of hydrogen-bond acceptors (Lipinski definition) is 5. The van der Waals surface area contributed by atoms with Crippen molar-refractivity contribution >= 4 is 16.0 Å². The van der Waals surface area contributed by atoms with E-state index in [0.29, 0.717) is 30.7 Å². The molecule has 192 valence electrons. The highest BCUT2D eigenvalue weighted by Crippen LogP contribution is 2.31. The van der Waals surface area contributed by atoms with Gasteiger partial charge in [0.25, 0.3) is 0 Å². The van der Waals surface area contributed by atoms with Crippen molar-refractivity contribution in [3.05, 3.63) is 76.6 Å². The lowest BCUT2D eigenvalue weighted by Gasteiger charge is -2.24. The molecule has 0 radical (unpaired) electrons. The molecule has 0 fully saturated rings. The summed E-state index contributed by atoms with van der Waals surface area (Å²) < 4.78 is 30.5. The van der Waals surface area contributed by atoms with E-state index in [4.69, 9.17) is 0 Å². The predicted molar refractivity (Wildman–Crippen MR) is 137 cm³/mol. The maximum absolute atomic E-state index is 13.6. The van der Waals surface area contributed by atoms with Crippen LogP contribution in [0.1, 0.15) is 60.6 Å². The Morgan fingerprint density at radius 2 is 2.00 bits per heavy atom. The second kappa shape index (κ2) is 10.9. The number of carbonyl (C=O) groups is 1. The molecular formula is C27H34N4O4S. The molecule has 0 aliphatic carbocycles. The lowest BCUT2D eigenvalue weighted by Crippen LogP contribution is -2.33. The summed E-state index contributed by atoms with van der Waals surface area (Å²) in [5.74, 6) is -0.892. The van der Waals surface area contributed by atoms with Crippen molar-refractivity contribution in [1.82, 2.24) is 19.3 Å². The zero-order chi connectivity index (χ0) is 25.9. The summed E-state index contributed by atoms with van der Waals surface area (Å²) in [6.07, 6.45) is 3.84. The number of carboxylic acid groups (broad SMARTS) is 1. The predicted octanol–water partition coefficient (Wildman–Crippen LogP) is 4.18. The highest BCUT2D eigenvalue weighted by atomic mass is 32.2. The topological polar surface area (TPSA) is 105 Å². The number of rotatable bonds is 9. The van der Waals surface area contributed by atoms with Crippen LogP contribution in [-0.4, -0.2) is 45.3 Å². The number of carboxylic acids is 1. The summed E-state index contributed by atoms with van der Waals surface area (Å²) in [5.41, 5.74) is 4.48. The van der Waals surface area contributed by atoms with Gasteiger partial charge in [-0.25, -0.2) is 8.42 Å². The van der Waals surface area contributed by atoms with Gasteiger partial charge in [-0.1, -0.05) is 48.5 Å². The first-order valence-corrected chi connectivity index (χ1v) is 13.9. The molecule has 9 heteroatoms. The van der Waals surface area contributed by atoms with E-state index in [1.54, 1.807) is 21.1 Å². The van der Waals surface area contributed by atoms with E-state index >= 15 is 0 Å². The van der Waals surface area contributed by atoms with Gasteiger partial charge in [0, 0.05) is 25.8 Å². The van der Waals surface area contributed by atoms with Gasteiger partial charge in [0.15, 0.2) is 0 Å². The second-order valence-corrected chi connectivity index (χ2v) is 11.7.